The molecule has 0 saturated carbocycles. The molecule has 0 N–H and O–H groups in total. The largest absolute Gasteiger partial charge is 0.465 e. The van der Waals surface area contributed by atoms with Crippen LogP contribution in [0, 0.1) is 11.6 Å². The molecule has 6 heteroatoms. The Bertz CT molecular complexity index is 945. The predicted molar refractivity (Wildman–Crippen MR) is 94.9 cm³/mol. The second-order valence-corrected chi connectivity index (χ2v) is 5.72. The Kier molecular flexibility index (Phi) is 5.29. The molecule has 0 radical (unpaired) electrons. The number of hydrogen-bond acceptors (Lipinski definition) is 4. The van der Waals surface area contributed by atoms with Crippen LogP contribution in [-0.2, 0) is 14.3 Å². The van der Waals surface area contributed by atoms with Gasteiger partial charge in [-0.3, -0.25) is 0 Å². The summed E-state index contributed by atoms with van der Waals surface area (Å²) >= 11 is 0. The molecular weight excluding hydrogens is 352 g/mol. The van der Waals surface area contributed by atoms with Gasteiger partial charge in [0.2, 0.25) is 0 Å². The highest BCUT2D eigenvalue weighted by atomic mass is 19.1. The Balaban J connectivity index is 2.20. The molecule has 1 heterocycles. The molecule has 0 fully saturated rings. The molecule has 0 amide bonds. The minimum atomic E-state index is -1.02. The van der Waals surface area contributed by atoms with Gasteiger partial charge in [-0.25, -0.2) is 18.4 Å². The zero-order valence-electron chi connectivity index (χ0n) is 14.4. The van der Waals surface area contributed by atoms with Crippen LogP contribution in [0.15, 0.2) is 78.2 Å². The van der Waals surface area contributed by atoms with E-state index in [4.69, 9.17) is 4.74 Å². The zero-order chi connectivity index (χ0) is 19.4. The van der Waals surface area contributed by atoms with Crippen LogP contribution in [0.3, 0.4) is 0 Å². The van der Waals surface area contributed by atoms with E-state index in [1.807, 2.05) is 0 Å². The topological polar surface area (TPSA) is 46.6 Å². The van der Waals surface area contributed by atoms with Gasteiger partial charge in [-0.1, -0.05) is 36.4 Å². The summed E-state index contributed by atoms with van der Waals surface area (Å²) in [5, 5.41) is 0. The molecule has 1 aliphatic heterocycles. The third kappa shape index (κ3) is 3.43. The van der Waals surface area contributed by atoms with E-state index >= 15 is 0 Å². The molecule has 27 heavy (non-hydrogen) atoms. The molecule has 0 unspecified atom stereocenters. The van der Waals surface area contributed by atoms with Crippen molar-refractivity contribution in [2.75, 3.05) is 7.11 Å². The van der Waals surface area contributed by atoms with Gasteiger partial charge in [-0.05, 0) is 24.3 Å². The van der Waals surface area contributed by atoms with Crippen molar-refractivity contribution in [3.8, 4) is 0 Å². The highest BCUT2D eigenvalue weighted by molar-refractivity contribution is 5.97. The van der Waals surface area contributed by atoms with Gasteiger partial charge in [0.1, 0.15) is 17.3 Å². The smallest absolute Gasteiger partial charge is 0.340 e. The number of nitrogens with zero attached hydrogens (tertiary/aromatic N) is 1. The van der Waals surface area contributed by atoms with Crippen molar-refractivity contribution in [1.29, 1.82) is 0 Å². The standard InChI is InChI=1S/C21H15F2NO3/c1-27-21(26)16-9-6-12-24(19(16)13-25)20(14-7-2-4-10-17(14)22)15-8-3-5-11-18(15)23/h2-12,20H,1H3. The monoisotopic (exact) mass is 367 g/mol. The van der Waals surface area contributed by atoms with Gasteiger partial charge in [-0.15, -0.1) is 0 Å². The quantitative estimate of drug-likeness (QED) is 0.611. The number of ether oxygens (including phenoxy) is 1. The van der Waals surface area contributed by atoms with Gasteiger partial charge in [0.25, 0.3) is 0 Å². The Morgan fingerprint density at radius 1 is 1.04 bits per heavy atom. The van der Waals surface area contributed by atoms with Gasteiger partial charge in [0.15, 0.2) is 5.94 Å². The average Bonchev–Trinajstić information content (AvgIpc) is 2.70. The lowest BCUT2D eigenvalue weighted by atomic mass is 9.94. The van der Waals surface area contributed by atoms with Crippen molar-refractivity contribution in [3.63, 3.8) is 0 Å². The minimum absolute atomic E-state index is 0.0484. The van der Waals surface area contributed by atoms with Crippen LogP contribution in [0.2, 0.25) is 0 Å². The summed E-state index contributed by atoms with van der Waals surface area (Å²) < 4.78 is 33.8. The van der Waals surface area contributed by atoms with E-state index in [1.54, 1.807) is 18.1 Å². The van der Waals surface area contributed by atoms with Crippen LogP contribution >= 0.6 is 0 Å². The molecule has 0 aromatic heterocycles. The Morgan fingerprint density at radius 3 is 2.07 bits per heavy atom. The van der Waals surface area contributed by atoms with Crippen LogP contribution < -0.4 is 0 Å². The molecule has 0 spiro atoms. The highest BCUT2D eigenvalue weighted by Crippen LogP contribution is 2.37. The summed E-state index contributed by atoms with van der Waals surface area (Å²) in [5.74, 6) is -0.183. The highest BCUT2D eigenvalue weighted by Gasteiger charge is 2.32. The van der Waals surface area contributed by atoms with E-state index in [9.17, 15) is 18.4 Å². The molecule has 4 nitrogen and oxygen atoms in total. The maximum atomic E-state index is 14.6. The molecule has 136 valence electrons. The third-order valence-corrected chi connectivity index (χ3v) is 4.20. The first kappa shape index (κ1) is 18.3. The van der Waals surface area contributed by atoms with E-state index in [0.717, 1.165) is 0 Å². The fourth-order valence-corrected chi connectivity index (χ4v) is 2.98. The van der Waals surface area contributed by atoms with Gasteiger partial charge in [0.05, 0.1) is 18.7 Å². The van der Waals surface area contributed by atoms with E-state index in [1.165, 1.54) is 66.8 Å². The number of carbonyl (C=O) groups is 1. The second kappa shape index (κ2) is 7.81. The van der Waals surface area contributed by atoms with E-state index in [-0.39, 0.29) is 22.4 Å². The number of allylic oxidation sites excluding steroid dienone is 2. The van der Waals surface area contributed by atoms with Gasteiger partial charge < -0.3 is 9.64 Å². The van der Waals surface area contributed by atoms with E-state index < -0.39 is 23.6 Å². The number of benzene rings is 2. The van der Waals surface area contributed by atoms with Crippen LogP contribution in [0.4, 0.5) is 8.78 Å². The molecule has 0 saturated heterocycles. The summed E-state index contributed by atoms with van der Waals surface area (Å²) in [6, 6.07) is 10.7. The predicted octanol–water partition coefficient (Wildman–Crippen LogP) is 3.70. The molecule has 1 aliphatic rings. The van der Waals surface area contributed by atoms with Gasteiger partial charge in [0, 0.05) is 17.3 Å². The summed E-state index contributed by atoms with van der Waals surface area (Å²) in [7, 11) is 1.18. The van der Waals surface area contributed by atoms with Crippen LogP contribution in [0.25, 0.3) is 0 Å². The molecule has 2 aromatic rings. The van der Waals surface area contributed by atoms with Gasteiger partial charge >= 0.3 is 5.97 Å². The van der Waals surface area contributed by atoms with Gasteiger partial charge in [-0.2, -0.15) is 0 Å². The molecular formula is C21H15F2NO3. The number of rotatable bonds is 4. The number of hydrogen-bond donors (Lipinski definition) is 0. The van der Waals surface area contributed by atoms with Crippen molar-refractivity contribution >= 4 is 11.9 Å². The summed E-state index contributed by atoms with van der Waals surface area (Å²) in [4.78, 5) is 25.0. The van der Waals surface area contributed by atoms with Crippen molar-refractivity contribution in [1.82, 2.24) is 4.90 Å². The van der Waals surface area contributed by atoms with Crippen molar-refractivity contribution in [3.05, 3.63) is 101 Å². The summed E-state index contributed by atoms with van der Waals surface area (Å²) in [5.41, 5.74) is 0.0748. The number of halogens is 2. The first-order valence-corrected chi connectivity index (χ1v) is 8.08. The van der Waals surface area contributed by atoms with Crippen molar-refractivity contribution in [2.45, 2.75) is 6.04 Å². The molecule has 0 atom stereocenters. The average molecular weight is 367 g/mol. The van der Waals surface area contributed by atoms with Crippen LogP contribution in [-0.4, -0.2) is 23.9 Å². The normalized spacial score (nSPS) is 13.4. The van der Waals surface area contributed by atoms with E-state index in [2.05, 4.69) is 0 Å². The first-order valence-electron chi connectivity index (χ1n) is 8.08. The maximum Gasteiger partial charge on any atom is 0.340 e. The minimum Gasteiger partial charge on any atom is -0.465 e. The maximum absolute atomic E-state index is 14.6. The molecule has 0 bridgehead atoms. The lowest BCUT2D eigenvalue weighted by Crippen LogP contribution is -2.30. The third-order valence-electron chi connectivity index (χ3n) is 4.20. The Labute approximate surface area is 154 Å². The van der Waals surface area contributed by atoms with Crippen molar-refractivity contribution < 1.29 is 23.1 Å². The Morgan fingerprint density at radius 2 is 1.59 bits per heavy atom. The molecule has 3 rings (SSSR count). The molecule has 0 aliphatic carbocycles. The number of carbonyl (C=O) groups excluding carboxylic acids is 2. The first-order chi connectivity index (χ1) is 13.1. The van der Waals surface area contributed by atoms with E-state index in [0.29, 0.717) is 0 Å². The molecule has 2 aromatic carbocycles. The van der Waals surface area contributed by atoms with Crippen LogP contribution in [0.1, 0.15) is 17.2 Å². The number of methoxy groups -OCH3 is 1. The van der Waals surface area contributed by atoms with Crippen LogP contribution in [0.5, 0.6) is 0 Å². The lowest BCUT2D eigenvalue weighted by Gasteiger charge is -2.33. The lowest BCUT2D eigenvalue weighted by molar-refractivity contribution is -0.136. The SMILES string of the molecule is COC(=O)C1=CC=CN(C(c2ccccc2F)c2ccccc2F)C1=C=O. The summed E-state index contributed by atoms with van der Waals surface area (Å²) in [6.07, 6.45) is 4.36. The summed E-state index contributed by atoms with van der Waals surface area (Å²) in [6.45, 7) is 0. The second-order valence-electron chi connectivity index (χ2n) is 5.72. The Hall–Kier alpha value is -3.50. The van der Waals surface area contributed by atoms with Crippen molar-refractivity contribution in [2.24, 2.45) is 0 Å². The zero-order valence-corrected chi connectivity index (χ0v) is 14.4. The number of esters is 1. The fourth-order valence-electron chi connectivity index (χ4n) is 2.98. The fraction of sp³-hybridized carbons (Fsp3) is 0.0952.